The van der Waals surface area contributed by atoms with Crippen molar-refractivity contribution in [2.45, 2.75) is 12.3 Å². The molecule has 2 aliphatic heterocycles. The van der Waals surface area contributed by atoms with E-state index in [1.54, 1.807) is 16.6 Å². The Morgan fingerprint density at radius 3 is 2.55 bits per heavy atom. The van der Waals surface area contributed by atoms with Crippen LogP contribution in [-0.4, -0.2) is 22.7 Å². The summed E-state index contributed by atoms with van der Waals surface area (Å²) >= 11 is 0. The number of nitrogens with two attached hydrogens (primary N) is 1. The monoisotopic (exact) mass is 383 g/mol. The smallest absolute Gasteiger partial charge is 0.247 e. The van der Waals surface area contributed by atoms with Gasteiger partial charge in [0.25, 0.3) is 0 Å². The highest BCUT2D eigenvalue weighted by Crippen LogP contribution is 2.55. The van der Waals surface area contributed by atoms with Crippen molar-refractivity contribution < 1.29 is 9.53 Å². The van der Waals surface area contributed by atoms with E-state index in [1.165, 1.54) is 0 Å². The normalized spacial score (nSPS) is 19.8. The zero-order chi connectivity index (χ0) is 20.3. The van der Waals surface area contributed by atoms with Crippen LogP contribution < -0.4 is 15.4 Å². The molecule has 29 heavy (non-hydrogen) atoms. The first-order valence-corrected chi connectivity index (χ1v) is 9.13. The SMILES string of the molecule is Cc1nn(-c2ccccc2)c2c1[C@]1(C(=O)N(C)c3ccccc31)C(C#N)=C(N)O2. The zero-order valence-corrected chi connectivity index (χ0v) is 15.9. The molecule has 2 aliphatic rings. The highest BCUT2D eigenvalue weighted by Gasteiger charge is 2.60. The lowest BCUT2D eigenvalue weighted by Crippen LogP contribution is -2.45. The predicted molar refractivity (Wildman–Crippen MR) is 106 cm³/mol. The van der Waals surface area contributed by atoms with Crippen molar-refractivity contribution >= 4 is 11.6 Å². The van der Waals surface area contributed by atoms with Gasteiger partial charge in [0.05, 0.1) is 16.9 Å². The molecule has 1 atom stereocenters. The second-order valence-electron chi connectivity index (χ2n) is 7.10. The van der Waals surface area contributed by atoms with Gasteiger partial charge in [-0.1, -0.05) is 36.4 Å². The molecule has 0 unspecified atom stereocenters. The molecule has 0 saturated carbocycles. The molecule has 0 aliphatic carbocycles. The van der Waals surface area contributed by atoms with E-state index in [1.807, 2.05) is 61.5 Å². The Balaban J connectivity index is 1.92. The van der Waals surface area contributed by atoms with Crippen molar-refractivity contribution in [2.75, 3.05) is 11.9 Å². The molecule has 0 fully saturated rings. The number of para-hydroxylation sites is 2. The molecule has 7 nitrogen and oxygen atoms in total. The number of hydrogen-bond donors (Lipinski definition) is 1. The summed E-state index contributed by atoms with van der Waals surface area (Å²) in [5.41, 5.74) is 8.26. The molecule has 142 valence electrons. The molecule has 2 aromatic carbocycles. The van der Waals surface area contributed by atoms with Crippen molar-refractivity contribution in [3.63, 3.8) is 0 Å². The van der Waals surface area contributed by atoms with E-state index < -0.39 is 5.41 Å². The Morgan fingerprint density at radius 1 is 1.14 bits per heavy atom. The van der Waals surface area contributed by atoms with Gasteiger partial charge in [0.2, 0.25) is 17.7 Å². The van der Waals surface area contributed by atoms with Crippen LogP contribution in [0.1, 0.15) is 16.8 Å². The number of likely N-dealkylation sites (N-methyl/N-ethyl adjacent to an activating group) is 1. The van der Waals surface area contributed by atoms with Crippen LogP contribution in [0.3, 0.4) is 0 Å². The van der Waals surface area contributed by atoms with Gasteiger partial charge in [0, 0.05) is 18.3 Å². The van der Waals surface area contributed by atoms with E-state index >= 15 is 0 Å². The average molecular weight is 383 g/mol. The largest absolute Gasteiger partial charge is 0.422 e. The number of rotatable bonds is 1. The fourth-order valence-electron chi connectivity index (χ4n) is 4.42. The van der Waals surface area contributed by atoms with Crippen LogP contribution in [0.25, 0.3) is 5.69 Å². The molecule has 1 aromatic heterocycles. The summed E-state index contributed by atoms with van der Waals surface area (Å²) < 4.78 is 7.52. The number of nitrogens with zero attached hydrogens (tertiary/aromatic N) is 4. The van der Waals surface area contributed by atoms with Crippen LogP contribution in [0.4, 0.5) is 5.69 Å². The molecule has 5 rings (SSSR count). The van der Waals surface area contributed by atoms with Gasteiger partial charge in [0.15, 0.2) is 0 Å². The quantitative estimate of drug-likeness (QED) is 0.696. The van der Waals surface area contributed by atoms with Gasteiger partial charge in [-0.3, -0.25) is 4.79 Å². The van der Waals surface area contributed by atoms with Crippen LogP contribution in [-0.2, 0) is 10.2 Å². The number of amides is 1. The minimum Gasteiger partial charge on any atom is -0.422 e. The molecule has 3 heterocycles. The van der Waals surface area contributed by atoms with Crippen LogP contribution in [0.15, 0.2) is 66.1 Å². The van der Waals surface area contributed by atoms with Crippen molar-refractivity contribution in [1.82, 2.24) is 9.78 Å². The maximum atomic E-state index is 13.7. The van der Waals surface area contributed by atoms with Gasteiger partial charge in [-0.05, 0) is 25.1 Å². The molecular formula is C22H17N5O2. The van der Waals surface area contributed by atoms with Gasteiger partial charge in [-0.15, -0.1) is 0 Å². The maximum absolute atomic E-state index is 13.7. The maximum Gasteiger partial charge on any atom is 0.247 e. The number of anilines is 1. The third-order valence-corrected chi connectivity index (χ3v) is 5.63. The molecule has 1 spiro atoms. The van der Waals surface area contributed by atoms with E-state index in [0.29, 0.717) is 22.7 Å². The minimum absolute atomic E-state index is 0.0857. The van der Waals surface area contributed by atoms with Crippen molar-refractivity contribution in [3.05, 3.63) is 82.9 Å². The number of carbonyl (C=O) groups excluding carboxylic acids is 1. The Hall–Kier alpha value is -4.05. The average Bonchev–Trinajstić information content (AvgIpc) is 3.18. The fourth-order valence-corrected chi connectivity index (χ4v) is 4.42. The number of benzene rings is 2. The summed E-state index contributed by atoms with van der Waals surface area (Å²) in [6, 6.07) is 19.0. The van der Waals surface area contributed by atoms with E-state index in [9.17, 15) is 10.1 Å². The van der Waals surface area contributed by atoms with Gasteiger partial charge in [-0.2, -0.15) is 10.4 Å². The first-order valence-electron chi connectivity index (χ1n) is 9.13. The second kappa shape index (κ2) is 5.72. The Morgan fingerprint density at radius 2 is 1.83 bits per heavy atom. The summed E-state index contributed by atoms with van der Waals surface area (Å²) in [7, 11) is 1.70. The summed E-state index contributed by atoms with van der Waals surface area (Å²) in [6.45, 7) is 1.81. The Labute approximate surface area is 167 Å². The van der Waals surface area contributed by atoms with E-state index in [4.69, 9.17) is 10.5 Å². The van der Waals surface area contributed by atoms with Gasteiger partial charge in [0.1, 0.15) is 17.1 Å². The van der Waals surface area contributed by atoms with Gasteiger partial charge >= 0.3 is 0 Å². The molecule has 7 heteroatoms. The zero-order valence-electron chi connectivity index (χ0n) is 15.9. The van der Waals surface area contributed by atoms with Gasteiger partial charge < -0.3 is 15.4 Å². The Kier molecular flexibility index (Phi) is 3.37. The first-order chi connectivity index (χ1) is 14.0. The molecule has 0 saturated heterocycles. The van der Waals surface area contributed by atoms with Crippen LogP contribution in [0.5, 0.6) is 5.88 Å². The molecule has 0 bridgehead atoms. The Bertz CT molecular complexity index is 1250. The fraction of sp³-hybridized carbons (Fsp3) is 0.136. The third-order valence-electron chi connectivity index (χ3n) is 5.63. The van der Waals surface area contributed by atoms with Crippen LogP contribution >= 0.6 is 0 Å². The topological polar surface area (TPSA) is 97.2 Å². The minimum atomic E-state index is -1.38. The highest BCUT2D eigenvalue weighted by molar-refractivity contribution is 6.14. The predicted octanol–water partition coefficient (Wildman–Crippen LogP) is 2.53. The number of aryl methyl sites for hydroxylation is 1. The van der Waals surface area contributed by atoms with Crippen molar-refractivity contribution in [1.29, 1.82) is 5.26 Å². The number of aromatic nitrogens is 2. The molecule has 0 radical (unpaired) electrons. The lowest BCUT2D eigenvalue weighted by atomic mass is 9.69. The summed E-state index contributed by atoms with van der Waals surface area (Å²) in [6.07, 6.45) is 0. The number of ether oxygens (including phenoxy) is 1. The second-order valence-corrected chi connectivity index (χ2v) is 7.10. The number of carbonyl (C=O) groups is 1. The first kappa shape index (κ1) is 17.1. The van der Waals surface area contributed by atoms with Crippen molar-refractivity contribution in [2.24, 2.45) is 5.73 Å². The van der Waals surface area contributed by atoms with E-state index in [0.717, 1.165) is 11.4 Å². The van der Waals surface area contributed by atoms with Crippen molar-refractivity contribution in [3.8, 4) is 17.6 Å². The molecular weight excluding hydrogens is 366 g/mol. The molecule has 2 N–H and O–H groups in total. The third kappa shape index (κ3) is 1.95. The van der Waals surface area contributed by atoms with Crippen LogP contribution in [0, 0.1) is 18.3 Å². The number of fused-ring (bicyclic) bond motifs is 4. The number of nitriles is 1. The lowest BCUT2D eigenvalue weighted by molar-refractivity contribution is -0.120. The van der Waals surface area contributed by atoms with E-state index in [-0.39, 0.29) is 17.4 Å². The summed E-state index contributed by atoms with van der Waals surface area (Å²) in [4.78, 5) is 15.3. The highest BCUT2D eigenvalue weighted by atomic mass is 16.5. The molecule has 3 aromatic rings. The lowest BCUT2D eigenvalue weighted by Gasteiger charge is -2.32. The summed E-state index contributed by atoms with van der Waals surface area (Å²) in [5, 5.41) is 14.6. The number of hydrogen-bond acceptors (Lipinski definition) is 5. The molecule has 1 amide bonds. The van der Waals surface area contributed by atoms with E-state index in [2.05, 4.69) is 11.2 Å². The van der Waals surface area contributed by atoms with Crippen LogP contribution in [0.2, 0.25) is 0 Å². The van der Waals surface area contributed by atoms with Gasteiger partial charge in [-0.25, -0.2) is 4.68 Å². The standard InChI is InChI=1S/C22H17N5O2/c1-13-18-20(27(25-13)14-8-4-3-5-9-14)29-19(24)16(12-23)22(18)15-10-6-7-11-17(15)26(2)21(22)28/h3-11H,24H2,1-2H3/t22-/m1/s1. The summed E-state index contributed by atoms with van der Waals surface area (Å²) in [5.74, 6) is 0.0117.